The first-order valence-electron chi connectivity index (χ1n) is 9.18. The molecule has 0 spiro atoms. The summed E-state index contributed by atoms with van der Waals surface area (Å²) < 4.78 is 27.7. The van der Waals surface area contributed by atoms with Gasteiger partial charge in [0.2, 0.25) is 6.79 Å². The molecule has 2 aliphatic rings. The molecule has 0 unspecified atom stereocenters. The minimum Gasteiger partial charge on any atom is -0.486 e. The molecule has 1 N–H and O–H groups in total. The maximum atomic E-state index is 5.80. The lowest BCUT2D eigenvalue weighted by Gasteiger charge is -2.21. The Balaban J connectivity index is 1.65. The van der Waals surface area contributed by atoms with Gasteiger partial charge in [-0.25, -0.2) is 4.98 Å². The van der Waals surface area contributed by atoms with Gasteiger partial charge in [-0.05, 0) is 35.2 Å². The molecule has 2 aromatic carbocycles. The first-order valence-corrected chi connectivity index (χ1v) is 9.18. The molecule has 0 bridgehead atoms. The van der Waals surface area contributed by atoms with E-state index in [2.05, 4.69) is 10.3 Å². The topological polar surface area (TPSA) is 71.1 Å². The Morgan fingerprint density at radius 2 is 1.68 bits per heavy atom. The highest BCUT2D eigenvalue weighted by molar-refractivity contribution is 6.03. The SMILES string of the molecule is COCCNc1ncc(-c2ccc3c(c2)OCO3)c2cc3c(cc12)OCCO3. The fourth-order valence-corrected chi connectivity index (χ4v) is 3.48. The van der Waals surface area contributed by atoms with Crippen molar-refractivity contribution < 1.29 is 23.7 Å². The molecule has 5 rings (SSSR count). The molecule has 28 heavy (non-hydrogen) atoms. The average molecular weight is 380 g/mol. The average Bonchev–Trinajstić information content (AvgIpc) is 3.20. The van der Waals surface area contributed by atoms with Gasteiger partial charge in [-0.1, -0.05) is 6.07 Å². The van der Waals surface area contributed by atoms with E-state index in [0.29, 0.717) is 26.4 Å². The van der Waals surface area contributed by atoms with Crippen molar-refractivity contribution in [3.05, 3.63) is 36.5 Å². The minimum atomic E-state index is 0.249. The Morgan fingerprint density at radius 3 is 2.50 bits per heavy atom. The number of hydrogen-bond donors (Lipinski definition) is 1. The summed E-state index contributed by atoms with van der Waals surface area (Å²) in [6.45, 7) is 2.59. The molecule has 7 heteroatoms. The predicted molar refractivity (Wildman–Crippen MR) is 105 cm³/mol. The summed E-state index contributed by atoms with van der Waals surface area (Å²) >= 11 is 0. The van der Waals surface area contributed by atoms with E-state index in [4.69, 9.17) is 23.7 Å². The van der Waals surface area contributed by atoms with Crippen molar-refractivity contribution in [1.82, 2.24) is 4.98 Å². The minimum absolute atomic E-state index is 0.249. The largest absolute Gasteiger partial charge is 0.486 e. The fourth-order valence-electron chi connectivity index (χ4n) is 3.48. The summed E-state index contributed by atoms with van der Waals surface area (Å²) in [5.41, 5.74) is 1.99. The van der Waals surface area contributed by atoms with Crippen molar-refractivity contribution >= 4 is 16.6 Å². The Labute approximate surface area is 162 Å². The van der Waals surface area contributed by atoms with E-state index < -0.39 is 0 Å². The van der Waals surface area contributed by atoms with Crippen molar-refractivity contribution in [3.8, 4) is 34.1 Å². The number of nitrogens with zero attached hydrogens (tertiary/aromatic N) is 1. The van der Waals surface area contributed by atoms with Crippen LogP contribution in [0, 0.1) is 0 Å². The third kappa shape index (κ3) is 2.93. The highest BCUT2D eigenvalue weighted by Crippen LogP contribution is 2.42. The quantitative estimate of drug-likeness (QED) is 0.680. The van der Waals surface area contributed by atoms with Crippen molar-refractivity contribution in [1.29, 1.82) is 0 Å². The molecule has 0 amide bonds. The lowest BCUT2D eigenvalue weighted by atomic mass is 9.99. The highest BCUT2D eigenvalue weighted by Gasteiger charge is 2.19. The molecule has 0 saturated heterocycles. The van der Waals surface area contributed by atoms with Crippen molar-refractivity contribution in [2.45, 2.75) is 0 Å². The van der Waals surface area contributed by atoms with E-state index in [1.54, 1.807) is 7.11 Å². The normalized spacial score (nSPS) is 14.3. The number of hydrogen-bond acceptors (Lipinski definition) is 7. The van der Waals surface area contributed by atoms with E-state index >= 15 is 0 Å². The van der Waals surface area contributed by atoms with Gasteiger partial charge in [0.15, 0.2) is 23.0 Å². The number of nitrogens with one attached hydrogen (secondary N) is 1. The van der Waals surface area contributed by atoms with Gasteiger partial charge in [0.1, 0.15) is 19.0 Å². The zero-order chi connectivity index (χ0) is 18.9. The van der Waals surface area contributed by atoms with Crippen LogP contribution in [0.15, 0.2) is 36.5 Å². The molecule has 0 fully saturated rings. The summed E-state index contributed by atoms with van der Waals surface area (Å²) in [6, 6.07) is 9.92. The molecule has 0 atom stereocenters. The lowest BCUT2D eigenvalue weighted by Crippen LogP contribution is -2.15. The molecule has 2 aliphatic heterocycles. The smallest absolute Gasteiger partial charge is 0.231 e. The second-order valence-corrected chi connectivity index (χ2v) is 6.55. The Kier molecular flexibility index (Phi) is 4.29. The first kappa shape index (κ1) is 16.9. The first-order chi connectivity index (χ1) is 13.8. The van der Waals surface area contributed by atoms with Gasteiger partial charge in [0.25, 0.3) is 0 Å². The van der Waals surface area contributed by atoms with Crippen LogP contribution in [0.3, 0.4) is 0 Å². The van der Waals surface area contributed by atoms with Gasteiger partial charge < -0.3 is 29.0 Å². The van der Waals surface area contributed by atoms with Gasteiger partial charge in [-0.15, -0.1) is 0 Å². The Hall–Kier alpha value is -3.19. The number of ether oxygens (including phenoxy) is 5. The molecular formula is C21H20N2O5. The highest BCUT2D eigenvalue weighted by atomic mass is 16.7. The van der Waals surface area contributed by atoms with Crippen LogP contribution in [-0.4, -0.2) is 45.3 Å². The van der Waals surface area contributed by atoms with Crippen LogP contribution in [0.2, 0.25) is 0 Å². The van der Waals surface area contributed by atoms with E-state index in [-0.39, 0.29) is 6.79 Å². The standard InChI is InChI=1S/C21H20N2O5/c1-24-5-4-22-21-15-10-20-19(25-6-7-26-20)9-14(15)16(11-23-21)13-2-3-17-18(8-13)28-12-27-17/h2-3,8-11H,4-7,12H2,1H3,(H,22,23). The van der Waals surface area contributed by atoms with Gasteiger partial charge in [-0.2, -0.15) is 0 Å². The van der Waals surface area contributed by atoms with Crippen molar-refractivity contribution in [2.75, 3.05) is 45.6 Å². The number of rotatable bonds is 5. The lowest BCUT2D eigenvalue weighted by molar-refractivity contribution is 0.172. The van der Waals surface area contributed by atoms with Crippen LogP contribution in [0.5, 0.6) is 23.0 Å². The molecule has 1 aromatic heterocycles. The maximum Gasteiger partial charge on any atom is 0.231 e. The number of methoxy groups -OCH3 is 1. The zero-order valence-corrected chi connectivity index (χ0v) is 15.5. The molecule has 3 aromatic rings. The van der Waals surface area contributed by atoms with Crippen LogP contribution >= 0.6 is 0 Å². The fraction of sp³-hybridized carbons (Fsp3) is 0.286. The number of fused-ring (bicyclic) bond motifs is 3. The Bertz CT molecular complexity index is 1040. The van der Waals surface area contributed by atoms with Crippen LogP contribution in [-0.2, 0) is 4.74 Å². The Morgan fingerprint density at radius 1 is 0.929 bits per heavy atom. The van der Waals surface area contributed by atoms with Gasteiger partial charge in [-0.3, -0.25) is 0 Å². The second kappa shape index (κ2) is 7.09. The molecule has 144 valence electrons. The predicted octanol–water partition coefficient (Wildman–Crippen LogP) is 3.46. The monoisotopic (exact) mass is 380 g/mol. The van der Waals surface area contributed by atoms with E-state index in [0.717, 1.165) is 50.7 Å². The van der Waals surface area contributed by atoms with E-state index in [9.17, 15) is 0 Å². The van der Waals surface area contributed by atoms with E-state index in [1.165, 1.54) is 0 Å². The number of aromatic nitrogens is 1. The van der Waals surface area contributed by atoms with Crippen molar-refractivity contribution in [2.24, 2.45) is 0 Å². The van der Waals surface area contributed by atoms with Crippen LogP contribution in [0.1, 0.15) is 0 Å². The van der Waals surface area contributed by atoms with Crippen LogP contribution in [0.4, 0.5) is 5.82 Å². The third-order valence-electron chi connectivity index (χ3n) is 4.83. The summed E-state index contributed by atoms with van der Waals surface area (Å²) in [6.07, 6.45) is 1.87. The maximum absolute atomic E-state index is 5.80. The van der Waals surface area contributed by atoms with Gasteiger partial charge >= 0.3 is 0 Å². The number of anilines is 1. The van der Waals surface area contributed by atoms with Crippen molar-refractivity contribution in [3.63, 3.8) is 0 Å². The summed E-state index contributed by atoms with van der Waals surface area (Å²) in [5, 5.41) is 5.33. The molecular weight excluding hydrogens is 360 g/mol. The number of benzene rings is 2. The summed E-state index contributed by atoms with van der Waals surface area (Å²) in [4.78, 5) is 4.66. The molecule has 7 nitrogen and oxygen atoms in total. The molecule has 0 radical (unpaired) electrons. The summed E-state index contributed by atoms with van der Waals surface area (Å²) in [7, 11) is 1.68. The second-order valence-electron chi connectivity index (χ2n) is 6.55. The molecule has 0 saturated carbocycles. The third-order valence-corrected chi connectivity index (χ3v) is 4.83. The van der Waals surface area contributed by atoms with Gasteiger partial charge in [0, 0.05) is 30.8 Å². The molecule has 3 heterocycles. The van der Waals surface area contributed by atoms with E-state index in [1.807, 2.05) is 36.5 Å². The van der Waals surface area contributed by atoms with Crippen LogP contribution in [0.25, 0.3) is 21.9 Å². The molecule has 0 aliphatic carbocycles. The van der Waals surface area contributed by atoms with Crippen LogP contribution < -0.4 is 24.3 Å². The zero-order valence-electron chi connectivity index (χ0n) is 15.5. The summed E-state index contributed by atoms with van der Waals surface area (Å²) in [5.74, 6) is 3.76. The van der Waals surface area contributed by atoms with Gasteiger partial charge in [0.05, 0.1) is 6.61 Å². The number of pyridine rings is 1.